The van der Waals surface area contributed by atoms with Gasteiger partial charge in [-0.25, -0.2) is 0 Å². The van der Waals surface area contributed by atoms with Gasteiger partial charge in [-0.3, -0.25) is 4.90 Å². The molecule has 0 amide bonds. The van der Waals surface area contributed by atoms with Crippen molar-refractivity contribution in [3.05, 3.63) is 23.8 Å². The lowest BCUT2D eigenvalue weighted by Gasteiger charge is -2.38. The molecule has 0 aromatic heterocycles. The number of methoxy groups -OCH3 is 1. The summed E-state index contributed by atoms with van der Waals surface area (Å²) >= 11 is 0. The van der Waals surface area contributed by atoms with Gasteiger partial charge in [0.25, 0.3) is 0 Å². The third kappa shape index (κ3) is 4.14. The maximum Gasteiger partial charge on any atom is 0.309 e. The van der Waals surface area contributed by atoms with Crippen LogP contribution < -0.4 is 8.92 Å². The van der Waals surface area contributed by atoms with Gasteiger partial charge < -0.3 is 18.4 Å². The Hall–Kier alpha value is -1.35. The van der Waals surface area contributed by atoms with E-state index in [0.717, 1.165) is 24.4 Å². The van der Waals surface area contributed by atoms with E-state index in [2.05, 4.69) is 18.7 Å². The van der Waals surface area contributed by atoms with Crippen molar-refractivity contribution >= 4 is 10.1 Å². The Bertz CT molecular complexity index is 727. The zero-order chi connectivity index (χ0) is 18.8. The molecule has 26 heavy (non-hydrogen) atoms. The van der Waals surface area contributed by atoms with Crippen molar-refractivity contribution in [2.75, 3.05) is 45.8 Å². The van der Waals surface area contributed by atoms with E-state index in [-0.39, 0.29) is 17.4 Å². The van der Waals surface area contributed by atoms with Crippen molar-refractivity contribution in [3.8, 4) is 11.5 Å². The van der Waals surface area contributed by atoms with E-state index in [1.54, 1.807) is 25.3 Å². The number of fused-ring (bicyclic) bond motifs is 1. The third-order valence-corrected chi connectivity index (χ3v) is 6.08. The zero-order valence-electron chi connectivity index (χ0n) is 15.6. The van der Waals surface area contributed by atoms with E-state index in [4.69, 9.17) is 18.4 Å². The summed E-state index contributed by atoms with van der Waals surface area (Å²) in [6.45, 7) is 7.62. The molecule has 0 radical (unpaired) electrons. The van der Waals surface area contributed by atoms with Crippen LogP contribution >= 0.6 is 0 Å². The maximum absolute atomic E-state index is 12.1. The molecule has 2 aliphatic rings. The van der Waals surface area contributed by atoms with Crippen LogP contribution in [0.4, 0.5) is 0 Å². The van der Waals surface area contributed by atoms with E-state index >= 15 is 0 Å². The van der Waals surface area contributed by atoms with Crippen LogP contribution in [-0.2, 0) is 25.0 Å². The number of rotatable bonds is 7. The van der Waals surface area contributed by atoms with E-state index < -0.39 is 10.1 Å². The molecule has 0 bridgehead atoms. The first-order chi connectivity index (χ1) is 12.3. The number of benzene rings is 1. The summed E-state index contributed by atoms with van der Waals surface area (Å²) in [5.74, 6) is 1.02. The molecule has 1 unspecified atom stereocenters. The largest absolute Gasteiger partial charge is 0.474 e. The van der Waals surface area contributed by atoms with Crippen molar-refractivity contribution in [1.29, 1.82) is 0 Å². The lowest BCUT2D eigenvalue weighted by atomic mass is 9.83. The van der Waals surface area contributed by atoms with Gasteiger partial charge in [0.2, 0.25) is 0 Å². The van der Waals surface area contributed by atoms with Crippen LogP contribution in [0.25, 0.3) is 0 Å². The Morgan fingerprint density at radius 2 is 2.00 bits per heavy atom. The number of hydrogen-bond donors (Lipinski definition) is 0. The van der Waals surface area contributed by atoms with Gasteiger partial charge in [0.05, 0.1) is 19.0 Å². The summed E-state index contributed by atoms with van der Waals surface area (Å²) in [5.41, 5.74) is 0.671. The Morgan fingerprint density at radius 1 is 1.27 bits per heavy atom. The highest BCUT2D eigenvalue weighted by molar-refractivity contribution is 7.87. The highest BCUT2D eigenvalue weighted by Crippen LogP contribution is 2.45. The molecule has 0 N–H and O–H groups in total. The second-order valence-corrected chi connectivity index (χ2v) is 8.88. The predicted octanol–water partition coefficient (Wildman–Crippen LogP) is 1.76. The van der Waals surface area contributed by atoms with E-state index in [9.17, 15) is 8.42 Å². The monoisotopic (exact) mass is 385 g/mol. The summed E-state index contributed by atoms with van der Waals surface area (Å²) in [6, 6.07) is 5.21. The van der Waals surface area contributed by atoms with Crippen LogP contribution in [0.15, 0.2) is 18.2 Å². The van der Waals surface area contributed by atoms with Crippen LogP contribution in [-0.4, -0.2) is 65.3 Å². The van der Waals surface area contributed by atoms with E-state index in [1.165, 1.54) is 0 Å². The van der Waals surface area contributed by atoms with Crippen molar-refractivity contribution in [2.24, 2.45) is 0 Å². The topological polar surface area (TPSA) is 74.3 Å². The molecule has 1 saturated heterocycles. The van der Waals surface area contributed by atoms with Crippen LogP contribution in [0.2, 0.25) is 0 Å². The summed E-state index contributed by atoms with van der Waals surface area (Å²) in [6.07, 6.45) is 0.298. The molecule has 146 valence electrons. The first-order valence-electron chi connectivity index (χ1n) is 8.87. The summed E-state index contributed by atoms with van der Waals surface area (Å²) < 4.78 is 46.0. The van der Waals surface area contributed by atoms with E-state index in [0.29, 0.717) is 32.0 Å². The van der Waals surface area contributed by atoms with Gasteiger partial charge in [0, 0.05) is 37.8 Å². The van der Waals surface area contributed by atoms with E-state index in [1.807, 2.05) is 0 Å². The Labute approximate surface area is 155 Å². The molecular weight excluding hydrogens is 358 g/mol. The van der Waals surface area contributed by atoms with Crippen LogP contribution in [0.3, 0.4) is 0 Å². The molecule has 0 saturated carbocycles. The van der Waals surface area contributed by atoms with Crippen LogP contribution in [0, 0.1) is 0 Å². The Morgan fingerprint density at radius 3 is 2.69 bits per heavy atom. The van der Waals surface area contributed by atoms with Crippen molar-refractivity contribution in [2.45, 2.75) is 31.9 Å². The zero-order valence-corrected chi connectivity index (χ0v) is 16.4. The standard InChI is InChI=1S/C18H27NO6S/c1-18(2)15-13-14(25-26(20,21)12-4-9-22-3)5-6-16(15)24-17(18)19-7-10-23-11-8-19/h5-6,13,17H,4,7-12H2,1-3H3. The molecule has 1 fully saturated rings. The third-order valence-electron chi connectivity index (χ3n) is 4.84. The smallest absolute Gasteiger partial charge is 0.309 e. The number of nitrogens with zero attached hydrogens (tertiary/aromatic N) is 1. The minimum absolute atomic E-state index is 0.0752. The lowest BCUT2D eigenvalue weighted by Crippen LogP contribution is -2.52. The molecule has 3 rings (SSSR count). The predicted molar refractivity (Wildman–Crippen MR) is 97.2 cm³/mol. The van der Waals surface area contributed by atoms with Crippen LogP contribution in [0.1, 0.15) is 25.8 Å². The second kappa shape index (κ2) is 7.72. The molecule has 2 heterocycles. The van der Waals surface area contributed by atoms with Gasteiger partial charge in [-0.05, 0) is 24.6 Å². The van der Waals surface area contributed by atoms with Crippen molar-refractivity contribution in [1.82, 2.24) is 4.90 Å². The SMILES string of the molecule is COCCCS(=O)(=O)Oc1ccc2c(c1)C(C)(C)C(N1CCOCC1)O2. The Kier molecular flexibility index (Phi) is 5.76. The molecule has 1 aromatic carbocycles. The fourth-order valence-corrected chi connectivity index (χ4v) is 4.43. The molecule has 0 aliphatic carbocycles. The molecule has 8 heteroatoms. The first kappa shape index (κ1) is 19.4. The summed E-state index contributed by atoms with van der Waals surface area (Å²) in [4.78, 5) is 2.27. The second-order valence-electron chi connectivity index (χ2n) is 7.19. The minimum Gasteiger partial charge on any atom is -0.474 e. The average Bonchev–Trinajstić information content (AvgIpc) is 2.86. The normalized spacial score (nSPS) is 22.7. The van der Waals surface area contributed by atoms with Gasteiger partial charge in [-0.1, -0.05) is 13.8 Å². The fourth-order valence-electron chi connectivity index (χ4n) is 3.48. The van der Waals surface area contributed by atoms with Gasteiger partial charge >= 0.3 is 10.1 Å². The lowest BCUT2D eigenvalue weighted by molar-refractivity contribution is -0.0612. The van der Waals surface area contributed by atoms with Gasteiger partial charge in [-0.15, -0.1) is 0 Å². The molecule has 7 nitrogen and oxygen atoms in total. The highest BCUT2D eigenvalue weighted by atomic mass is 32.2. The number of morpholine rings is 1. The van der Waals surface area contributed by atoms with Crippen LogP contribution in [0.5, 0.6) is 11.5 Å². The average molecular weight is 385 g/mol. The van der Waals surface area contributed by atoms with Gasteiger partial charge in [0.15, 0.2) is 6.23 Å². The van der Waals surface area contributed by atoms with Crippen molar-refractivity contribution in [3.63, 3.8) is 0 Å². The molecule has 2 aliphatic heterocycles. The van der Waals surface area contributed by atoms with Gasteiger partial charge in [-0.2, -0.15) is 8.42 Å². The molecular formula is C18H27NO6S. The first-order valence-corrected chi connectivity index (χ1v) is 10.5. The maximum atomic E-state index is 12.1. The number of hydrogen-bond acceptors (Lipinski definition) is 7. The molecule has 1 aromatic rings. The summed E-state index contributed by atoms with van der Waals surface area (Å²) in [7, 11) is -2.10. The minimum atomic E-state index is -3.64. The highest BCUT2D eigenvalue weighted by Gasteiger charge is 2.45. The summed E-state index contributed by atoms with van der Waals surface area (Å²) in [5, 5.41) is 0. The van der Waals surface area contributed by atoms with Gasteiger partial charge in [0.1, 0.15) is 11.5 Å². The van der Waals surface area contributed by atoms with Crippen molar-refractivity contribution < 1.29 is 26.8 Å². The quantitative estimate of drug-likeness (QED) is 0.523. The molecule has 1 atom stereocenters. The number of ether oxygens (including phenoxy) is 3. The molecule has 0 spiro atoms. The Balaban J connectivity index is 1.75. The fraction of sp³-hybridized carbons (Fsp3) is 0.667.